The largest absolute Gasteiger partial charge is 0.493 e. The minimum absolute atomic E-state index is 0.213. The Balaban J connectivity index is 1.78. The first-order valence-electron chi connectivity index (χ1n) is 8.60. The van der Waals surface area contributed by atoms with E-state index in [9.17, 15) is 19.1 Å². The van der Waals surface area contributed by atoms with Gasteiger partial charge in [-0.2, -0.15) is 0 Å². The van der Waals surface area contributed by atoms with Crippen LogP contribution >= 0.6 is 0 Å². The van der Waals surface area contributed by atoms with Gasteiger partial charge < -0.3 is 24.6 Å². The van der Waals surface area contributed by atoms with Crippen LogP contribution in [0.25, 0.3) is 0 Å². The van der Waals surface area contributed by atoms with Gasteiger partial charge in [0, 0.05) is 12.0 Å². The lowest BCUT2D eigenvalue weighted by Gasteiger charge is -2.21. The highest BCUT2D eigenvalue weighted by atomic mass is 19.1. The molecule has 2 N–H and O–H groups in total. The number of methoxy groups -OCH3 is 2. The van der Waals surface area contributed by atoms with Crippen LogP contribution in [0.4, 0.5) is 4.39 Å². The van der Waals surface area contributed by atoms with Crippen molar-refractivity contribution in [2.75, 3.05) is 14.2 Å². The Morgan fingerprint density at radius 2 is 1.96 bits per heavy atom. The molecule has 2 atom stereocenters. The molecule has 3 rings (SSSR count). The number of aliphatic carboxylic acids is 1. The molecular formula is C20H20FNO6. The van der Waals surface area contributed by atoms with Gasteiger partial charge in [0.2, 0.25) is 0 Å². The smallest absolute Gasteiger partial charge is 0.305 e. The molecular weight excluding hydrogens is 369 g/mol. The summed E-state index contributed by atoms with van der Waals surface area (Å²) in [7, 11) is 2.96. The molecule has 0 saturated heterocycles. The fraction of sp³-hybridized carbons (Fsp3) is 0.300. The van der Waals surface area contributed by atoms with Crippen molar-refractivity contribution in [2.24, 2.45) is 0 Å². The predicted molar refractivity (Wildman–Crippen MR) is 97.2 cm³/mol. The van der Waals surface area contributed by atoms with Crippen LogP contribution in [0, 0.1) is 5.82 Å². The first-order chi connectivity index (χ1) is 13.4. The van der Waals surface area contributed by atoms with E-state index in [2.05, 4.69) is 5.32 Å². The lowest BCUT2D eigenvalue weighted by Crippen LogP contribution is -2.40. The minimum Gasteiger partial charge on any atom is -0.493 e. The summed E-state index contributed by atoms with van der Waals surface area (Å²) >= 11 is 0. The molecule has 28 heavy (non-hydrogen) atoms. The van der Waals surface area contributed by atoms with E-state index in [0.29, 0.717) is 28.4 Å². The topological polar surface area (TPSA) is 94.1 Å². The molecule has 1 heterocycles. The van der Waals surface area contributed by atoms with Gasteiger partial charge in [-0.05, 0) is 35.9 Å². The molecule has 1 amide bonds. The molecule has 7 nitrogen and oxygen atoms in total. The average molecular weight is 389 g/mol. The molecule has 2 aromatic rings. The van der Waals surface area contributed by atoms with E-state index in [1.165, 1.54) is 32.4 Å². The minimum atomic E-state index is -1.07. The first-order valence-corrected chi connectivity index (χ1v) is 8.60. The number of hydrogen-bond acceptors (Lipinski definition) is 5. The Bertz CT molecular complexity index is 900. The number of carbonyl (C=O) groups excluding carboxylic acids is 1. The number of ether oxygens (including phenoxy) is 3. The van der Waals surface area contributed by atoms with E-state index >= 15 is 0 Å². The maximum absolute atomic E-state index is 13.4. The van der Waals surface area contributed by atoms with Crippen LogP contribution in [0.1, 0.15) is 23.6 Å². The van der Waals surface area contributed by atoms with Crippen molar-refractivity contribution in [1.29, 1.82) is 0 Å². The molecule has 0 aliphatic carbocycles. The van der Waals surface area contributed by atoms with E-state index in [-0.39, 0.29) is 12.8 Å². The summed E-state index contributed by atoms with van der Waals surface area (Å²) in [5, 5.41) is 12.0. The van der Waals surface area contributed by atoms with Crippen molar-refractivity contribution < 1.29 is 33.3 Å². The molecule has 0 aromatic heterocycles. The summed E-state index contributed by atoms with van der Waals surface area (Å²) in [6.07, 6.45) is -0.964. The Morgan fingerprint density at radius 3 is 2.64 bits per heavy atom. The van der Waals surface area contributed by atoms with E-state index in [1.807, 2.05) is 0 Å². The summed E-state index contributed by atoms with van der Waals surface area (Å²) in [4.78, 5) is 24.0. The number of fused-ring (bicyclic) bond motifs is 1. The molecule has 0 saturated carbocycles. The number of carboxylic acids is 1. The van der Waals surface area contributed by atoms with Crippen LogP contribution in [-0.2, 0) is 16.0 Å². The zero-order valence-electron chi connectivity index (χ0n) is 15.4. The van der Waals surface area contributed by atoms with Crippen LogP contribution in [0.2, 0.25) is 0 Å². The number of carbonyl (C=O) groups is 2. The SMILES string of the molecule is COc1ccc([C@@H](CC(=O)O)NC(=O)[C@@H]2Cc3cc(F)ccc3O2)cc1OC. The number of rotatable bonds is 7. The third-order valence-corrected chi connectivity index (χ3v) is 4.49. The molecule has 0 spiro atoms. The molecule has 148 valence electrons. The highest BCUT2D eigenvalue weighted by molar-refractivity contribution is 5.83. The average Bonchev–Trinajstić information content (AvgIpc) is 3.09. The zero-order valence-corrected chi connectivity index (χ0v) is 15.4. The number of benzene rings is 2. The molecule has 0 unspecified atom stereocenters. The van der Waals surface area contributed by atoms with Gasteiger partial charge in [0.25, 0.3) is 5.91 Å². The molecule has 1 aliphatic heterocycles. The summed E-state index contributed by atoms with van der Waals surface area (Å²) in [6, 6.07) is 8.18. The molecule has 1 aliphatic rings. The highest BCUT2D eigenvalue weighted by Crippen LogP contribution is 2.32. The quantitative estimate of drug-likeness (QED) is 0.756. The third kappa shape index (κ3) is 4.16. The van der Waals surface area contributed by atoms with E-state index in [1.54, 1.807) is 18.2 Å². The molecule has 0 bridgehead atoms. The van der Waals surface area contributed by atoms with Crippen molar-refractivity contribution in [3.05, 3.63) is 53.3 Å². The van der Waals surface area contributed by atoms with Gasteiger partial charge in [0.05, 0.1) is 26.7 Å². The third-order valence-electron chi connectivity index (χ3n) is 4.49. The van der Waals surface area contributed by atoms with Crippen molar-refractivity contribution in [3.63, 3.8) is 0 Å². The Hall–Kier alpha value is -3.29. The summed E-state index contributed by atoms with van der Waals surface area (Å²) in [5.74, 6) is -0.594. The Labute approximate surface area is 161 Å². The molecule has 8 heteroatoms. The number of carboxylic acid groups (broad SMARTS) is 1. The van der Waals surface area contributed by atoms with E-state index < -0.39 is 29.8 Å². The number of amides is 1. The second kappa shape index (κ2) is 8.16. The van der Waals surface area contributed by atoms with E-state index in [4.69, 9.17) is 14.2 Å². The zero-order chi connectivity index (χ0) is 20.3. The van der Waals surface area contributed by atoms with Gasteiger partial charge in [-0.25, -0.2) is 4.39 Å². The maximum atomic E-state index is 13.4. The number of nitrogens with one attached hydrogen (secondary N) is 1. The van der Waals surface area contributed by atoms with Crippen LogP contribution in [0.5, 0.6) is 17.2 Å². The standard InChI is InChI=1S/C20H20FNO6/c1-26-16-5-3-11(8-17(16)27-2)14(10-19(23)24)22-20(25)18-9-12-7-13(21)4-6-15(12)28-18/h3-8,14,18H,9-10H2,1-2H3,(H,22,25)(H,23,24)/t14-,18+/m1/s1. The van der Waals surface area contributed by atoms with Gasteiger partial charge in [0.1, 0.15) is 11.6 Å². The van der Waals surface area contributed by atoms with Crippen LogP contribution in [0.3, 0.4) is 0 Å². The predicted octanol–water partition coefficient (Wildman–Crippen LogP) is 2.48. The van der Waals surface area contributed by atoms with Crippen molar-refractivity contribution in [3.8, 4) is 17.2 Å². The first kappa shape index (κ1) is 19.5. The van der Waals surface area contributed by atoms with Gasteiger partial charge in [-0.3, -0.25) is 9.59 Å². The fourth-order valence-corrected chi connectivity index (χ4v) is 3.12. The maximum Gasteiger partial charge on any atom is 0.305 e. The number of halogens is 1. The summed E-state index contributed by atoms with van der Waals surface area (Å²) in [5.41, 5.74) is 1.15. The van der Waals surface area contributed by atoms with Gasteiger partial charge in [-0.15, -0.1) is 0 Å². The van der Waals surface area contributed by atoms with Crippen LogP contribution in [-0.4, -0.2) is 37.3 Å². The molecule has 0 radical (unpaired) electrons. The van der Waals surface area contributed by atoms with Gasteiger partial charge in [-0.1, -0.05) is 6.07 Å². The summed E-state index contributed by atoms with van der Waals surface area (Å²) < 4.78 is 29.4. The summed E-state index contributed by atoms with van der Waals surface area (Å²) in [6.45, 7) is 0. The normalized spacial score (nSPS) is 15.9. The van der Waals surface area contributed by atoms with Crippen molar-refractivity contribution in [2.45, 2.75) is 25.0 Å². The highest BCUT2D eigenvalue weighted by Gasteiger charge is 2.31. The lowest BCUT2D eigenvalue weighted by atomic mass is 10.0. The van der Waals surface area contributed by atoms with Crippen LogP contribution < -0.4 is 19.5 Å². The van der Waals surface area contributed by atoms with Crippen molar-refractivity contribution in [1.82, 2.24) is 5.32 Å². The van der Waals surface area contributed by atoms with Crippen molar-refractivity contribution >= 4 is 11.9 Å². The Morgan fingerprint density at radius 1 is 1.21 bits per heavy atom. The van der Waals surface area contributed by atoms with E-state index in [0.717, 1.165) is 0 Å². The van der Waals surface area contributed by atoms with Crippen LogP contribution in [0.15, 0.2) is 36.4 Å². The monoisotopic (exact) mass is 389 g/mol. The Kier molecular flexibility index (Phi) is 5.67. The molecule has 0 fully saturated rings. The van der Waals surface area contributed by atoms with Gasteiger partial charge >= 0.3 is 5.97 Å². The second-order valence-electron chi connectivity index (χ2n) is 6.34. The second-order valence-corrected chi connectivity index (χ2v) is 6.34. The number of hydrogen-bond donors (Lipinski definition) is 2. The molecule has 2 aromatic carbocycles. The lowest BCUT2D eigenvalue weighted by molar-refractivity contribution is -0.138. The van der Waals surface area contributed by atoms with Gasteiger partial charge in [0.15, 0.2) is 17.6 Å². The fourth-order valence-electron chi connectivity index (χ4n) is 3.12.